The van der Waals surface area contributed by atoms with Gasteiger partial charge in [-0.2, -0.15) is 0 Å². The van der Waals surface area contributed by atoms with Crippen molar-refractivity contribution in [2.75, 3.05) is 19.8 Å². The molecule has 1 aliphatic heterocycles. The van der Waals surface area contributed by atoms with Crippen molar-refractivity contribution in [3.05, 3.63) is 53.1 Å². The lowest BCUT2D eigenvalue weighted by molar-refractivity contribution is -0.121. The standard InChI is InChI=1S/C22H27NO4/c1-4-25-20-9-7-17(14-21(20)26-5-2)15(3)23-22(24)13-16-6-8-19-18(12-16)10-11-27-19/h6-9,12,14-15H,4-5,10-11,13H2,1-3H3,(H,23,24). The SMILES string of the molecule is CCOc1ccc(C(C)NC(=O)Cc2ccc3c(c2)CCO3)cc1OCC. The summed E-state index contributed by atoms with van der Waals surface area (Å²) in [6.45, 7) is 7.72. The normalized spacial score (nSPS) is 13.4. The highest BCUT2D eigenvalue weighted by atomic mass is 16.5. The maximum Gasteiger partial charge on any atom is 0.224 e. The third-order valence-corrected chi connectivity index (χ3v) is 4.56. The molecular weight excluding hydrogens is 342 g/mol. The van der Waals surface area contributed by atoms with E-state index in [1.165, 1.54) is 5.56 Å². The van der Waals surface area contributed by atoms with Gasteiger partial charge >= 0.3 is 0 Å². The molecule has 144 valence electrons. The fourth-order valence-electron chi connectivity index (χ4n) is 3.25. The predicted molar refractivity (Wildman–Crippen MR) is 105 cm³/mol. The van der Waals surface area contributed by atoms with E-state index in [1.807, 2.05) is 51.1 Å². The van der Waals surface area contributed by atoms with E-state index in [0.717, 1.165) is 35.7 Å². The van der Waals surface area contributed by atoms with Crippen molar-refractivity contribution in [3.63, 3.8) is 0 Å². The van der Waals surface area contributed by atoms with Crippen molar-refractivity contribution >= 4 is 5.91 Å². The van der Waals surface area contributed by atoms with E-state index in [-0.39, 0.29) is 11.9 Å². The van der Waals surface area contributed by atoms with Crippen LogP contribution >= 0.6 is 0 Å². The van der Waals surface area contributed by atoms with Crippen molar-refractivity contribution in [3.8, 4) is 17.2 Å². The number of fused-ring (bicyclic) bond motifs is 1. The van der Waals surface area contributed by atoms with E-state index in [0.29, 0.717) is 25.4 Å². The molecule has 1 atom stereocenters. The molecule has 0 radical (unpaired) electrons. The number of carbonyl (C=O) groups is 1. The van der Waals surface area contributed by atoms with Gasteiger partial charge in [0.2, 0.25) is 5.91 Å². The molecule has 1 N–H and O–H groups in total. The number of hydrogen-bond acceptors (Lipinski definition) is 4. The fourth-order valence-corrected chi connectivity index (χ4v) is 3.25. The van der Waals surface area contributed by atoms with Crippen LogP contribution in [-0.4, -0.2) is 25.7 Å². The number of nitrogens with one attached hydrogen (secondary N) is 1. The number of benzene rings is 2. The average Bonchev–Trinajstić information content (AvgIpc) is 3.11. The van der Waals surface area contributed by atoms with E-state index in [1.54, 1.807) is 0 Å². The Morgan fingerprint density at radius 3 is 2.67 bits per heavy atom. The van der Waals surface area contributed by atoms with Crippen LogP contribution < -0.4 is 19.5 Å². The highest BCUT2D eigenvalue weighted by Crippen LogP contribution is 2.31. The molecule has 0 spiro atoms. The Kier molecular flexibility index (Phi) is 6.22. The zero-order chi connectivity index (χ0) is 19.2. The molecular formula is C22H27NO4. The second-order valence-corrected chi connectivity index (χ2v) is 6.58. The highest BCUT2D eigenvalue weighted by molar-refractivity contribution is 5.79. The van der Waals surface area contributed by atoms with Gasteiger partial charge in [0.15, 0.2) is 11.5 Å². The summed E-state index contributed by atoms with van der Waals surface area (Å²) in [5, 5.41) is 3.07. The molecule has 1 heterocycles. The summed E-state index contributed by atoms with van der Waals surface area (Å²) in [5.74, 6) is 2.36. The zero-order valence-electron chi connectivity index (χ0n) is 16.2. The minimum atomic E-state index is -0.120. The van der Waals surface area contributed by atoms with Crippen LogP contribution in [0.15, 0.2) is 36.4 Å². The third-order valence-electron chi connectivity index (χ3n) is 4.56. The molecule has 3 rings (SSSR count). The summed E-state index contributed by atoms with van der Waals surface area (Å²) < 4.78 is 16.8. The van der Waals surface area contributed by atoms with Crippen molar-refractivity contribution in [2.24, 2.45) is 0 Å². The summed E-state index contributed by atoms with van der Waals surface area (Å²) in [4.78, 5) is 12.5. The maximum absolute atomic E-state index is 12.5. The van der Waals surface area contributed by atoms with Gasteiger partial charge in [0.25, 0.3) is 0 Å². The van der Waals surface area contributed by atoms with Crippen LogP contribution in [0.25, 0.3) is 0 Å². The predicted octanol–water partition coefficient (Wildman–Crippen LogP) is 3.84. The van der Waals surface area contributed by atoms with Crippen LogP contribution in [0, 0.1) is 0 Å². The van der Waals surface area contributed by atoms with Crippen LogP contribution in [0.4, 0.5) is 0 Å². The second kappa shape index (κ2) is 8.80. The molecule has 5 nitrogen and oxygen atoms in total. The molecule has 1 aliphatic rings. The Labute approximate surface area is 160 Å². The minimum Gasteiger partial charge on any atom is -0.493 e. The molecule has 0 saturated heterocycles. The first-order chi connectivity index (χ1) is 13.1. The van der Waals surface area contributed by atoms with E-state index in [9.17, 15) is 4.79 Å². The van der Waals surface area contributed by atoms with Crippen molar-refractivity contribution in [2.45, 2.75) is 39.7 Å². The van der Waals surface area contributed by atoms with Gasteiger partial charge in [-0.1, -0.05) is 18.2 Å². The Hall–Kier alpha value is -2.69. The number of ether oxygens (including phenoxy) is 3. The summed E-state index contributed by atoms with van der Waals surface area (Å²) in [6, 6.07) is 11.7. The molecule has 0 fully saturated rings. The summed E-state index contributed by atoms with van der Waals surface area (Å²) in [6.07, 6.45) is 1.26. The van der Waals surface area contributed by atoms with E-state index < -0.39 is 0 Å². The van der Waals surface area contributed by atoms with Gasteiger partial charge in [0.05, 0.1) is 32.3 Å². The molecule has 0 aromatic heterocycles. The number of hydrogen-bond donors (Lipinski definition) is 1. The number of carbonyl (C=O) groups excluding carboxylic acids is 1. The van der Waals surface area contributed by atoms with Crippen LogP contribution in [0.1, 0.15) is 43.5 Å². The van der Waals surface area contributed by atoms with Gasteiger partial charge in [-0.25, -0.2) is 0 Å². The van der Waals surface area contributed by atoms with Gasteiger partial charge in [0.1, 0.15) is 5.75 Å². The van der Waals surface area contributed by atoms with Gasteiger partial charge < -0.3 is 19.5 Å². The van der Waals surface area contributed by atoms with E-state index in [2.05, 4.69) is 11.4 Å². The van der Waals surface area contributed by atoms with Gasteiger partial charge in [-0.05, 0) is 55.7 Å². The molecule has 1 unspecified atom stereocenters. The third kappa shape index (κ3) is 4.73. The molecule has 27 heavy (non-hydrogen) atoms. The zero-order valence-corrected chi connectivity index (χ0v) is 16.2. The molecule has 5 heteroatoms. The fraction of sp³-hybridized carbons (Fsp3) is 0.409. The lowest BCUT2D eigenvalue weighted by Crippen LogP contribution is -2.28. The molecule has 1 amide bonds. The van der Waals surface area contributed by atoms with E-state index >= 15 is 0 Å². The first-order valence-electron chi connectivity index (χ1n) is 9.54. The molecule has 2 aromatic rings. The van der Waals surface area contributed by atoms with Gasteiger partial charge in [-0.3, -0.25) is 4.79 Å². The Balaban J connectivity index is 1.64. The monoisotopic (exact) mass is 369 g/mol. The maximum atomic E-state index is 12.5. The Morgan fingerprint density at radius 1 is 1.11 bits per heavy atom. The lowest BCUT2D eigenvalue weighted by Gasteiger charge is -2.17. The first-order valence-corrected chi connectivity index (χ1v) is 9.54. The van der Waals surface area contributed by atoms with Gasteiger partial charge in [-0.15, -0.1) is 0 Å². The van der Waals surface area contributed by atoms with Gasteiger partial charge in [0, 0.05) is 6.42 Å². The van der Waals surface area contributed by atoms with Crippen LogP contribution in [0.5, 0.6) is 17.2 Å². The Bertz CT molecular complexity index is 803. The smallest absolute Gasteiger partial charge is 0.224 e. The first kappa shape index (κ1) is 19.1. The molecule has 0 aliphatic carbocycles. The van der Waals surface area contributed by atoms with Crippen molar-refractivity contribution in [1.29, 1.82) is 0 Å². The minimum absolute atomic E-state index is 0.00629. The lowest BCUT2D eigenvalue weighted by atomic mass is 10.0. The largest absolute Gasteiger partial charge is 0.493 e. The molecule has 0 bridgehead atoms. The second-order valence-electron chi connectivity index (χ2n) is 6.58. The van der Waals surface area contributed by atoms with Crippen LogP contribution in [0.2, 0.25) is 0 Å². The quantitative estimate of drug-likeness (QED) is 0.768. The summed E-state index contributed by atoms with van der Waals surface area (Å²) >= 11 is 0. The average molecular weight is 369 g/mol. The van der Waals surface area contributed by atoms with E-state index in [4.69, 9.17) is 14.2 Å². The van der Waals surface area contributed by atoms with Crippen LogP contribution in [-0.2, 0) is 17.6 Å². The number of rotatable bonds is 8. The van der Waals surface area contributed by atoms with Crippen molar-refractivity contribution in [1.82, 2.24) is 5.32 Å². The Morgan fingerprint density at radius 2 is 1.89 bits per heavy atom. The number of amides is 1. The molecule has 0 saturated carbocycles. The topological polar surface area (TPSA) is 56.8 Å². The molecule has 2 aromatic carbocycles. The van der Waals surface area contributed by atoms with Crippen molar-refractivity contribution < 1.29 is 19.0 Å². The summed E-state index contributed by atoms with van der Waals surface area (Å²) in [5.41, 5.74) is 3.17. The highest BCUT2D eigenvalue weighted by Gasteiger charge is 2.16. The van der Waals surface area contributed by atoms with Crippen LogP contribution in [0.3, 0.4) is 0 Å². The summed E-state index contributed by atoms with van der Waals surface area (Å²) in [7, 11) is 0.